The summed E-state index contributed by atoms with van der Waals surface area (Å²) in [5, 5.41) is 4.26. The molecule has 1 aromatic carbocycles. The Balaban J connectivity index is 2.19. The number of para-hydroxylation sites is 1. The van der Waals surface area contributed by atoms with Crippen LogP contribution in [0.2, 0.25) is 0 Å². The monoisotopic (exact) mass is 328 g/mol. The van der Waals surface area contributed by atoms with Crippen LogP contribution in [0.25, 0.3) is 16.6 Å². The van der Waals surface area contributed by atoms with Crippen LogP contribution in [-0.2, 0) is 25.5 Å². The number of aromatic nitrogens is 1. The highest BCUT2D eigenvalue weighted by molar-refractivity contribution is 6.20. The van der Waals surface area contributed by atoms with E-state index in [1.807, 2.05) is 24.3 Å². The molecular formula is C18H20N2O4. The van der Waals surface area contributed by atoms with E-state index in [1.165, 1.54) is 0 Å². The highest BCUT2D eigenvalue weighted by Crippen LogP contribution is 2.31. The number of H-pyrrole nitrogens is 1. The molecule has 0 saturated heterocycles. The van der Waals surface area contributed by atoms with Crippen molar-refractivity contribution in [2.45, 2.75) is 20.3 Å². The fraction of sp³-hybridized carbons (Fsp3) is 0.333. The van der Waals surface area contributed by atoms with Crippen molar-refractivity contribution in [3.63, 3.8) is 0 Å². The third kappa shape index (κ3) is 2.75. The van der Waals surface area contributed by atoms with Gasteiger partial charge in [0.15, 0.2) is 5.57 Å². The quantitative estimate of drug-likeness (QED) is 0.389. The van der Waals surface area contributed by atoms with E-state index in [0.717, 1.165) is 28.6 Å². The van der Waals surface area contributed by atoms with Crippen molar-refractivity contribution < 1.29 is 19.1 Å². The lowest BCUT2D eigenvalue weighted by molar-refractivity contribution is -0.146. The van der Waals surface area contributed by atoms with Crippen molar-refractivity contribution in [2.75, 3.05) is 19.8 Å². The smallest absolute Gasteiger partial charge is 0.347 e. The van der Waals surface area contributed by atoms with Crippen LogP contribution in [0.15, 0.2) is 29.8 Å². The lowest BCUT2D eigenvalue weighted by Gasteiger charge is -2.20. The molecule has 0 bridgehead atoms. The number of nitrogens with one attached hydrogen (secondary N) is 2. The minimum Gasteiger partial charge on any atom is -0.462 e. The summed E-state index contributed by atoms with van der Waals surface area (Å²) < 4.78 is 10.1. The van der Waals surface area contributed by atoms with Crippen LogP contribution in [0.3, 0.4) is 0 Å². The van der Waals surface area contributed by atoms with Gasteiger partial charge in [-0.2, -0.15) is 0 Å². The first-order valence-corrected chi connectivity index (χ1v) is 8.09. The number of ether oxygens (including phenoxy) is 2. The van der Waals surface area contributed by atoms with Gasteiger partial charge in [-0.3, -0.25) is 0 Å². The normalized spacial score (nSPS) is 13.2. The fourth-order valence-electron chi connectivity index (χ4n) is 2.98. The minimum absolute atomic E-state index is 0.0915. The highest BCUT2D eigenvalue weighted by Gasteiger charge is 2.31. The van der Waals surface area contributed by atoms with Crippen LogP contribution in [0.4, 0.5) is 0 Å². The Kier molecular flexibility index (Phi) is 4.55. The lowest BCUT2D eigenvalue weighted by atomic mass is 9.99. The zero-order valence-corrected chi connectivity index (χ0v) is 13.8. The van der Waals surface area contributed by atoms with Gasteiger partial charge in [-0.1, -0.05) is 18.2 Å². The van der Waals surface area contributed by atoms with Gasteiger partial charge in [0, 0.05) is 17.4 Å². The standard InChI is InChI=1S/C18H20N2O4/c1-3-23-17(21)14(18(22)24-4-2)16-15-12(9-10-19-16)11-7-5-6-8-13(11)20-15/h5-8,19-20H,3-4,9-10H2,1-2H3. The molecule has 0 amide bonds. The molecule has 2 heterocycles. The summed E-state index contributed by atoms with van der Waals surface area (Å²) in [4.78, 5) is 28.0. The van der Waals surface area contributed by atoms with E-state index in [-0.39, 0.29) is 18.8 Å². The van der Waals surface area contributed by atoms with Gasteiger partial charge in [0.25, 0.3) is 0 Å². The zero-order chi connectivity index (χ0) is 17.1. The topological polar surface area (TPSA) is 80.4 Å². The molecule has 2 aromatic rings. The molecule has 1 aromatic heterocycles. The summed E-state index contributed by atoms with van der Waals surface area (Å²) in [7, 11) is 0. The van der Waals surface area contributed by atoms with Gasteiger partial charge in [-0.05, 0) is 31.9 Å². The van der Waals surface area contributed by atoms with Crippen LogP contribution in [0, 0.1) is 0 Å². The van der Waals surface area contributed by atoms with Gasteiger partial charge < -0.3 is 19.8 Å². The summed E-state index contributed by atoms with van der Waals surface area (Å²) >= 11 is 0. The maximum absolute atomic E-state index is 12.3. The minimum atomic E-state index is -0.676. The number of carbonyl (C=O) groups excluding carboxylic acids is 2. The van der Waals surface area contributed by atoms with Gasteiger partial charge >= 0.3 is 11.9 Å². The van der Waals surface area contributed by atoms with E-state index in [4.69, 9.17) is 9.47 Å². The Labute approximate surface area is 139 Å². The molecule has 0 radical (unpaired) electrons. The highest BCUT2D eigenvalue weighted by atomic mass is 16.6. The molecule has 6 nitrogen and oxygen atoms in total. The van der Waals surface area contributed by atoms with Crippen molar-refractivity contribution in [3.05, 3.63) is 41.1 Å². The Morgan fingerprint density at radius 1 is 1.08 bits per heavy atom. The Bertz CT molecular complexity index is 800. The second-order valence-electron chi connectivity index (χ2n) is 5.39. The van der Waals surface area contributed by atoms with Crippen molar-refractivity contribution >= 4 is 28.5 Å². The summed E-state index contributed by atoms with van der Waals surface area (Å²) in [5.74, 6) is -1.35. The molecule has 1 aliphatic rings. The van der Waals surface area contributed by atoms with Crippen molar-refractivity contribution in [2.24, 2.45) is 0 Å². The molecular weight excluding hydrogens is 308 g/mol. The van der Waals surface area contributed by atoms with Crippen LogP contribution in [0.5, 0.6) is 0 Å². The Morgan fingerprint density at radius 2 is 1.75 bits per heavy atom. The van der Waals surface area contributed by atoms with Crippen LogP contribution in [0.1, 0.15) is 25.1 Å². The number of rotatable bonds is 4. The van der Waals surface area contributed by atoms with Gasteiger partial charge in [-0.25, -0.2) is 9.59 Å². The maximum atomic E-state index is 12.3. The first-order chi connectivity index (χ1) is 11.7. The number of benzene rings is 1. The first kappa shape index (κ1) is 16.1. The van der Waals surface area contributed by atoms with Gasteiger partial charge in [0.1, 0.15) is 0 Å². The van der Waals surface area contributed by atoms with E-state index in [2.05, 4.69) is 10.3 Å². The lowest BCUT2D eigenvalue weighted by Crippen LogP contribution is -2.29. The van der Waals surface area contributed by atoms with Crippen LogP contribution in [-0.4, -0.2) is 36.7 Å². The molecule has 3 rings (SSSR count). The number of esters is 2. The second kappa shape index (κ2) is 6.78. The van der Waals surface area contributed by atoms with E-state index in [9.17, 15) is 9.59 Å². The van der Waals surface area contributed by atoms with Gasteiger partial charge in [0.05, 0.1) is 24.6 Å². The van der Waals surface area contributed by atoms with Crippen molar-refractivity contribution in [1.29, 1.82) is 0 Å². The average Bonchev–Trinajstić information content (AvgIpc) is 2.95. The van der Waals surface area contributed by atoms with Gasteiger partial charge in [-0.15, -0.1) is 0 Å². The number of aromatic amines is 1. The van der Waals surface area contributed by atoms with Crippen molar-refractivity contribution in [3.8, 4) is 0 Å². The van der Waals surface area contributed by atoms with E-state index >= 15 is 0 Å². The molecule has 1 aliphatic heterocycles. The third-order valence-electron chi connectivity index (χ3n) is 3.95. The summed E-state index contributed by atoms with van der Waals surface area (Å²) in [6, 6.07) is 7.92. The molecule has 0 aliphatic carbocycles. The summed E-state index contributed by atoms with van der Waals surface area (Å²) in [5.41, 5.74) is 3.16. The molecule has 0 saturated carbocycles. The molecule has 0 spiro atoms. The van der Waals surface area contributed by atoms with Crippen molar-refractivity contribution in [1.82, 2.24) is 10.3 Å². The van der Waals surface area contributed by atoms with E-state index < -0.39 is 11.9 Å². The zero-order valence-electron chi connectivity index (χ0n) is 13.8. The fourth-order valence-corrected chi connectivity index (χ4v) is 2.98. The molecule has 126 valence electrons. The molecule has 6 heteroatoms. The molecule has 0 atom stereocenters. The molecule has 0 fully saturated rings. The molecule has 2 N–H and O–H groups in total. The molecule has 24 heavy (non-hydrogen) atoms. The largest absolute Gasteiger partial charge is 0.462 e. The third-order valence-corrected chi connectivity index (χ3v) is 3.95. The summed E-state index contributed by atoms with van der Waals surface area (Å²) in [6.07, 6.45) is 0.807. The van der Waals surface area contributed by atoms with E-state index in [1.54, 1.807) is 13.8 Å². The average molecular weight is 328 g/mol. The second-order valence-corrected chi connectivity index (χ2v) is 5.39. The number of hydrogen-bond acceptors (Lipinski definition) is 5. The Hall–Kier alpha value is -2.76. The Morgan fingerprint density at radius 3 is 2.42 bits per heavy atom. The number of carbonyl (C=O) groups is 2. The predicted octanol–water partition coefficient (Wildman–Crippen LogP) is 2.15. The van der Waals surface area contributed by atoms with E-state index in [0.29, 0.717) is 12.2 Å². The van der Waals surface area contributed by atoms with Crippen LogP contribution < -0.4 is 5.32 Å². The van der Waals surface area contributed by atoms with Crippen LogP contribution >= 0.6 is 0 Å². The first-order valence-electron chi connectivity index (χ1n) is 8.09. The summed E-state index contributed by atoms with van der Waals surface area (Å²) in [6.45, 7) is 4.41. The predicted molar refractivity (Wildman–Crippen MR) is 90.2 cm³/mol. The van der Waals surface area contributed by atoms with Gasteiger partial charge in [0.2, 0.25) is 0 Å². The number of hydrogen-bond donors (Lipinski definition) is 2. The molecule has 0 unspecified atom stereocenters. The number of fused-ring (bicyclic) bond motifs is 3. The SMILES string of the molecule is CCOC(=O)C(C(=O)OCC)=C1NCCc2c1[nH]c1ccccc21. The maximum Gasteiger partial charge on any atom is 0.347 e.